The van der Waals surface area contributed by atoms with Gasteiger partial charge in [-0.2, -0.15) is 13.8 Å². The van der Waals surface area contributed by atoms with Crippen LogP contribution in [-0.4, -0.2) is 15.8 Å². The molecule has 0 unspecified atom stereocenters. The van der Waals surface area contributed by atoms with E-state index in [0.717, 1.165) is 12.1 Å². The Morgan fingerprint density at radius 1 is 1.06 bits per heavy atom. The number of ketones is 1. The molecule has 0 aliphatic rings. The van der Waals surface area contributed by atoms with Gasteiger partial charge in [0.15, 0.2) is 5.78 Å². The Balaban J connectivity index is 2.42. The molecule has 0 aliphatic heterocycles. The van der Waals surface area contributed by atoms with Crippen LogP contribution in [0.4, 0.5) is 8.78 Å². The molecule has 2 aromatic rings. The normalized spacial score (nSPS) is 10.1. The average molecular weight is 220 g/mol. The molecule has 0 atom stereocenters. The van der Waals surface area contributed by atoms with Gasteiger partial charge in [-0.1, -0.05) is 0 Å². The predicted molar refractivity (Wildman–Crippen MR) is 51.8 cm³/mol. The first-order valence-corrected chi connectivity index (χ1v) is 4.45. The highest BCUT2D eigenvalue weighted by Crippen LogP contribution is 2.11. The zero-order valence-electron chi connectivity index (χ0n) is 8.02. The van der Waals surface area contributed by atoms with Crippen molar-refractivity contribution in [3.63, 3.8) is 0 Å². The molecule has 0 aliphatic carbocycles. The van der Waals surface area contributed by atoms with Gasteiger partial charge in [-0.15, -0.1) is 0 Å². The van der Waals surface area contributed by atoms with Gasteiger partial charge in [-0.3, -0.25) is 9.78 Å². The van der Waals surface area contributed by atoms with Gasteiger partial charge in [-0.25, -0.2) is 0 Å². The molecule has 0 bridgehead atoms. The number of nitrogens with zero attached hydrogens (tertiary/aromatic N) is 2. The number of carbonyl (C=O) groups excluding carboxylic acids is 1. The van der Waals surface area contributed by atoms with Gasteiger partial charge in [0.25, 0.3) is 0 Å². The van der Waals surface area contributed by atoms with Gasteiger partial charge < -0.3 is 0 Å². The first-order valence-electron chi connectivity index (χ1n) is 4.45. The molecule has 2 aromatic heterocycles. The number of halogens is 2. The lowest BCUT2D eigenvalue weighted by Crippen LogP contribution is -2.06. The number of carbonyl (C=O) groups is 1. The minimum Gasteiger partial charge on any atom is -0.288 e. The lowest BCUT2D eigenvalue weighted by molar-refractivity contribution is 0.103. The fraction of sp³-hybridized carbons (Fsp3) is 0. The van der Waals surface area contributed by atoms with Gasteiger partial charge >= 0.3 is 0 Å². The molecule has 0 saturated carbocycles. The summed E-state index contributed by atoms with van der Waals surface area (Å²) in [7, 11) is 0. The van der Waals surface area contributed by atoms with Crippen LogP contribution in [0.5, 0.6) is 0 Å². The Labute approximate surface area is 89.8 Å². The largest absolute Gasteiger partial charge is 0.288 e. The Bertz CT molecular complexity index is 529. The fourth-order valence-corrected chi connectivity index (χ4v) is 1.24. The van der Waals surface area contributed by atoms with Crippen molar-refractivity contribution in [3.05, 3.63) is 59.7 Å². The average Bonchev–Trinajstić information content (AvgIpc) is 2.29. The first kappa shape index (κ1) is 10.4. The maximum Gasteiger partial charge on any atom is 0.226 e. The van der Waals surface area contributed by atoms with Crippen molar-refractivity contribution in [1.82, 2.24) is 9.97 Å². The van der Waals surface area contributed by atoms with E-state index in [0.29, 0.717) is 0 Å². The van der Waals surface area contributed by atoms with E-state index in [1.165, 1.54) is 24.5 Å². The van der Waals surface area contributed by atoms with Crippen molar-refractivity contribution in [2.45, 2.75) is 0 Å². The smallest absolute Gasteiger partial charge is 0.226 e. The summed E-state index contributed by atoms with van der Waals surface area (Å²) in [6.45, 7) is 0. The minimum absolute atomic E-state index is 0.257. The fourth-order valence-electron chi connectivity index (χ4n) is 1.24. The first-order chi connectivity index (χ1) is 7.68. The second kappa shape index (κ2) is 4.14. The molecule has 0 N–H and O–H groups in total. The van der Waals surface area contributed by atoms with Crippen LogP contribution in [0.25, 0.3) is 0 Å². The molecule has 0 amide bonds. The summed E-state index contributed by atoms with van der Waals surface area (Å²) >= 11 is 0. The van der Waals surface area contributed by atoms with E-state index in [1.54, 1.807) is 0 Å². The van der Waals surface area contributed by atoms with Crippen molar-refractivity contribution in [3.8, 4) is 0 Å². The molecule has 0 fully saturated rings. The third kappa shape index (κ3) is 1.93. The highest BCUT2D eigenvalue weighted by atomic mass is 19.1. The van der Waals surface area contributed by atoms with Crippen LogP contribution in [0.3, 0.4) is 0 Å². The van der Waals surface area contributed by atoms with Crippen LogP contribution in [-0.2, 0) is 0 Å². The maximum absolute atomic E-state index is 13.2. The molecule has 0 radical (unpaired) electrons. The lowest BCUT2D eigenvalue weighted by Gasteiger charge is -2.01. The third-order valence-corrected chi connectivity index (χ3v) is 2.00. The number of pyridine rings is 2. The molecule has 0 aromatic carbocycles. The van der Waals surface area contributed by atoms with Crippen molar-refractivity contribution in [2.75, 3.05) is 0 Å². The van der Waals surface area contributed by atoms with E-state index in [4.69, 9.17) is 0 Å². The van der Waals surface area contributed by atoms with E-state index >= 15 is 0 Å². The zero-order valence-corrected chi connectivity index (χ0v) is 8.02. The maximum atomic E-state index is 13.2. The van der Waals surface area contributed by atoms with Crippen molar-refractivity contribution in [1.29, 1.82) is 0 Å². The van der Waals surface area contributed by atoms with E-state index in [1.807, 2.05) is 0 Å². The molecule has 2 heterocycles. The van der Waals surface area contributed by atoms with E-state index in [9.17, 15) is 13.6 Å². The Kier molecular flexibility index (Phi) is 2.68. The molecular weight excluding hydrogens is 214 g/mol. The van der Waals surface area contributed by atoms with Gasteiger partial charge in [-0.05, 0) is 24.3 Å². The summed E-state index contributed by atoms with van der Waals surface area (Å²) in [6.07, 6.45) is 2.84. The topological polar surface area (TPSA) is 42.9 Å². The number of hydrogen-bond acceptors (Lipinski definition) is 3. The summed E-state index contributed by atoms with van der Waals surface area (Å²) in [4.78, 5) is 18.4. The van der Waals surface area contributed by atoms with Gasteiger partial charge in [0.1, 0.15) is 0 Å². The molecule has 3 nitrogen and oxygen atoms in total. The minimum atomic E-state index is -1.11. The molecule has 5 heteroatoms. The third-order valence-electron chi connectivity index (χ3n) is 2.00. The Hall–Kier alpha value is -2.17. The van der Waals surface area contributed by atoms with Crippen molar-refractivity contribution >= 4 is 5.78 Å². The molecule has 2 rings (SSSR count). The van der Waals surface area contributed by atoms with E-state index in [-0.39, 0.29) is 11.1 Å². The van der Waals surface area contributed by atoms with Gasteiger partial charge in [0, 0.05) is 18.0 Å². The van der Waals surface area contributed by atoms with Gasteiger partial charge in [0.05, 0.1) is 5.56 Å². The summed E-state index contributed by atoms with van der Waals surface area (Å²) in [5.41, 5.74) is 0.0231. The van der Waals surface area contributed by atoms with Crippen LogP contribution in [0.1, 0.15) is 15.9 Å². The Morgan fingerprint density at radius 2 is 1.75 bits per heavy atom. The van der Waals surface area contributed by atoms with Crippen LogP contribution < -0.4 is 0 Å². The molecule has 80 valence electrons. The molecule has 0 spiro atoms. The quantitative estimate of drug-likeness (QED) is 0.574. The number of hydrogen-bond donors (Lipinski definition) is 0. The monoisotopic (exact) mass is 220 g/mol. The van der Waals surface area contributed by atoms with Crippen LogP contribution in [0, 0.1) is 11.9 Å². The molecule has 16 heavy (non-hydrogen) atoms. The van der Waals surface area contributed by atoms with E-state index in [2.05, 4.69) is 9.97 Å². The van der Waals surface area contributed by atoms with Crippen molar-refractivity contribution < 1.29 is 13.6 Å². The van der Waals surface area contributed by atoms with Crippen molar-refractivity contribution in [2.24, 2.45) is 0 Å². The van der Waals surface area contributed by atoms with Crippen LogP contribution in [0.2, 0.25) is 0 Å². The summed E-state index contributed by atoms with van der Waals surface area (Å²) in [5.74, 6) is -2.61. The van der Waals surface area contributed by atoms with Crippen LogP contribution >= 0.6 is 0 Å². The molecule has 0 saturated heterocycles. The van der Waals surface area contributed by atoms with Gasteiger partial charge in [0.2, 0.25) is 11.9 Å². The summed E-state index contributed by atoms with van der Waals surface area (Å²) in [6, 6.07) is 4.91. The highest BCUT2D eigenvalue weighted by Gasteiger charge is 2.15. The predicted octanol–water partition coefficient (Wildman–Crippen LogP) is 1.99. The SMILES string of the molecule is O=C(c1ccncc1)c1ccc(F)nc1F. The summed E-state index contributed by atoms with van der Waals surface area (Å²) in [5, 5.41) is 0. The number of aromatic nitrogens is 2. The second-order valence-electron chi connectivity index (χ2n) is 3.04. The molecular formula is C11H6F2N2O. The Morgan fingerprint density at radius 3 is 2.38 bits per heavy atom. The standard InChI is InChI=1S/C11H6F2N2O/c12-9-2-1-8(11(13)15-9)10(16)7-3-5-14-6-4-7/h1-6H. The summed E-state index contributed by atoms with van der Waals surface area (Å²) < 4.78 is 25.7. The van der Waals surface area contributed by atoms with E-state index < -0.39 is 17.7 Å². The number of rotatable bonds is 2. The second-order valence-corrected chi connectivity index (χ2v) is 3.04. The van der Waals surface area contributed by atoms with Crippen LogP contribution in [0.15, 0.2) is 36.7 Å². The lowest BCUT2D eigenvalue weighted by atomic mass is 10.1. The highest BCUT2D eigenvalue weighted by molar-refractivity contribution is 6.08. The zero-order chi connectivity index (χ0) is 11.5.